The maximum atomic E-state index is 10.4. The summed E-state index contributed by atoms with van der Waals surface area (Å²) in [5, 5.41) is 19.9. The van der Waals surface area contributed by atoms with Gasteiger partial charge in [-0.1, -0.05) is 45.4 Å². The van der Waals surface area contributed by atoms with E-state index in [0.29, 0.717) is 6.42 Å². The summed E-state index contributed by atoms with van der Waals surface area (Å²) in [5.74, 6) is -0.501. The fourth-order valence-corrected chi connectivity index (χ4v) is 1.65. The summed E-state index contributed by atoms with van der Waals surface area (Å²) in [6.45, 7) is 5.83. The predicted molar refractivity (Wildman–Crippen MR) is 72.7 cm³/mol. The van der Waals surface area contributed by atoms with Gasteiger partial charge >= 0.3 is 0 Å². The van der Waals surface area contributed by atoms with Crippen LogP contribution in [0.2, 0.25) is 0 Å². The Morgan fingerprint density at radius 1 is 1.28 bits per heavy atom. The van der Waals surface area contributed by atoms with Gasteiger partial charge in [0.2, 0.25) is 5.91 Å². The molecule has 0 aliphatic heterocycles. The Morgan fingerprint density at radius 2 is 1.89 bits per heavy atom. The Kier molecular flexibility index (Phi) is 8.33. The van der Waals surface area contributed by atoms with E-state index in [-0.39, 0.29) is 11.8 Å². The van der Waals surface area contributed by atoms with Crippen molar-refractivity contribution >= 4 is 5.91 Å². The monoisotopic (exact) mass is 255 g/mol. The third kappa shape index (κ3) is 6.57. The van der Waals surface area contributed by atoms with E-state index in [2.05, 4.69) is 0 Å². The van der Waals surface area contributed by atoms with Crippen molar-refractivity contribution in [2.45, 2.75) is 45.8 Å². The van der Waals surface area contributed by atoms with E-state index in [1.165, 1.54) is 12.2 Å². The predicted octanol–water partition coefficient (Wildman–Crippen LogP) is 1.38. The third-order valence-corrected chi connectivity index (χ3v) is 3.26. The van der Waals surface area contributed by atoms with Gasteiger partial charge in [0.25, 0.3) is 0 Å². The molecule has 0 aliphatic rings. The first-order valence-corrected chi connectivity index (χ1v) is 6.38. The Morgan fingerprint density at radius 3 is 2.39 bits per heavy atom. The van der Waals surface area contributed by atoms with Gasteiger partial charge in [0.1, 0.15) is 0 Å². The highest BCUT2D eigenvalue weighted by molar-refractivity contribution is 5.85. The molecule has 4 atom stereocenters. The minimum atomic E-state index is -0.591. The second kappa shape index (κ2) is 8.89. The normalized spacial score (nSPS) is 18.9. The van der Waals surface area contributed by atoms with Crippen molar-refractivity contribution in [2.75, 3.05) is 0 Å². The Balaban J connectivity index is 4.16. The van der Waals surface area contributed by atoms with Gasteiger partial charge in [0.15, 0.2) is 0 Å². The van der Waals surface area contributed by atoms with Crippen molar-refractivity contribution < 1.29 is 15.0 Å². The largest absolute Gasteiger partial charge is 0.392 e. The highest BCUT2D eigenvalue weighted by atomic mass is 16.3. The number of carbonyl (C=O) groups is 1. The number of aliphatic hydroxyl groups excluding tert-OH is 2. The molecule has 0 aromatic carbocycles. The lowest BCUT2D eigenvalue weighted by Gasteiger charge is -2.27. The van der Waals surface area contributed by atoms with Crippen molar-refractivity contribution in [3.63, 3.8) is 0 Å². The van der Waals surface area contributed by atoms with Crippen LogP contribution < -0.4 is 5.73 Å². The lowest BCUT2D eigenvalue weighted by atomic mass is 9.87. The van der Waals surface area contributed by atoms with Crippen molar-refractivity contribution in [2.24, 2.45) is 17.6 Å². The second-order valence-corrected chi connectivity index (χ2v) is 4.73. The summed E-state index contributed by atoms with van der Waals surface area (Å²) >= 11 is 0. The molecular weight excluding hydrogens is 230 g/mol. The van der Waals surface area contributed by atoms with Gasteiger partial charge in [-0.15, -0.1) is 0 Å². The summed E-state index contributed by atoms with van der Waals surface area (Å²) in [6, 6.07) is 0. The molecule has 4 nitrogen and oxygen atoms in total. The molecule has 18 heavy (non-hydrogen) atoms. The maximum absolute atomic E-state index is 10.4. The van der Waals surface area contributed by atoms with Crippen LogP contribution in [0.25, 0.3) is 0 Å². The standard InChI is InChI=1S/C14H25NO3/c1-4-10(2)14(18)11(3)12(16)8-6-5-7-9-13(15)17/h5-7,9-12,14,16,18H,4,8H2,1-3H3,(H2,15,17)/t10-,11-,12-,14+/m1/s1. The summed E-state index contributed by atoms with van der Waals surface area (Å²) < 4.78 is 0. The van der Waals surface area contributed by atoms with E-state index in [9.17, 15) is 15.0 Å². The van der Waals surface area contributed by atoms with Crippen molar-refractivity contribution in [1.82, 2.24) is 0 Å². The molecule has 0 unspecified atom stereocenters. The Labute approximate surface area is 109 Å². The molecule has 1 amide bonds. The highest BCUT2D eigenvalue weighted by Crippen LogP contribution is 2.20. The van der Waals surface area contributed by atoms with E-state index in [1.54, 1.807) is 12.2 Å². The molecule has 0 spiro atoms. The topological polar surface area (TPSA) is 83.6 Å². The number of primary amides is 1. The number of carbonyl (C=O) groups excluding carboxylic acids is 1. The molecule has 0 aliphatic carbocycles. The van der Waals surface area contributed by atoms with E-state index >= 15 is 0 Å². The van der Waals surface area contributed by atoms with E-state index in [1.807, 2.05) is 20.8 Å². The average molecular weight is 255 g/mol. The molecule has 0 bridgehead atoms. The number of amides is 1. The molecule has 4 N–H and O–H groups in total. The van der Waals surface area contributed by atoms with Gasteiger partial charge in [-0.05, 0) is 12.3 Å². The number of aliphatic hydroxyl groups is 2. The zero-order valence-corrected chi connectivity index (χ0v) is 11.4. The molecule has 0 heterocycles. The van der Waals surface area contributed by atoms with Crippen LogP contribution in [0.15, 0.2) is 24.3 Å². The first kappa shape index (κ1) is 16.9. The molecular formula is C14H25NO3. The zero-order chi connectivity index (χ0) is 14.1. The van der Waals surface area contributed by atoms with Gasteiger partial charge in [-0.25, -0.2) is 0 Å². The summed E-state index contributed by atoms with van der Waals surface area (Å²) in [4.78, 5) is 10.4. The molecule has 104 valence electrons. The minimum Gasteiger partial charge on any atom is -0.392 e. The van der Waals surface area contributed by atoms with Crippen LogP contribution in [0.5, 0.6) is 0 Å². The van der Waals surface area contributed by atoms with Crippen LogP contribution in [0.1, 0.15) is 33.6 Å². The fraction of sp³-hybridized carbons (Fsp3) is 0.643. The number of rotatable bonds is 8. The first-order chi connectivity index (χ1) is 8.40. The second-order valence-electron chi connectivity index (χ2n) is 4.73. The van der Waals surface area contributed by atoms with Crippen LogP contribution in [0.4, 0.5) is 0 Å². The van der Waals surface area contributed by atoms with Crippen LogP contribution in [0, 0.1) is 11.8 Å². The molecule has 0 saturated carbocycles. The van der Waals surface area contributed by atoms with Gasteiger partial charge in [-0.2, -0.15) is 0 Å². The fourth-order valence-electron chi connectivity index (χ4n) is 1.65. The van der Waals surface area contributed by atoms with Crippen LogP contribution in [0.3, 0.4) is 0 Å². The van der Waals surface area contributed by atoms with Crippen LogP contribution in [-0.4, -0.2) is 28.3 Å². The molecule has 0 aromatic rings. The summed E-state index contributed by atoms with van der Waals surface area (Å²) in [5.41, 5.74) is 4.93. The lowest BCUT2D eigenvalue weighted by Crippen LogP contribution is -2.33. The third-order valence-electron chi connectivity index (χ3n) is 3.26. The minimum absolute atomic E-state index is 0.174. The molecule has 0 rings (SSSR count). The van der Waals surface area contributed by atoms with Gasteiger partial charge in [0, 0.05) is 12.0 Å². The number of allylic oxidation sites excluding steroid dienone is 2. The number of hydrogen-bond acceptors (Lipinski definition) is 3. The van der Waals surface area contributed by atoms with Gasteiger partial charge < -0.3 is 15.9 Å². The Hall–Kier alpha value is -1.13. The van der Waals surface area contributed by atoms with E-state index in [0.717, 1.165) is 6.42 Å². The van der Waals surface area contributed by atoms with Crippen molar-refractivity contribution in [3.8, 4) is 0 Å². The first-order valence-electron chi connectivity index (χ1n) is 6.38. The number of nitrogens with two attached hydrogens (primary N) is 1. The maximum Gasteiger partial charge on any atom is 0.241 e. The van der Waals surface area contributed by atoms with Crippen LogP contribution in [-0.2, 0) is 4.79 Å². The molecule has 0 fully saturated rings. The SMILES string of the molecule is CC[C@@H](C)[C@H](O)[C@H](C)[C@H](O)CC=CC=CC(N)=O. The molecule has 0 aromatic heterocycles. The van der Waals surface area contributed by atoms with E-state index < -0.39 is 18.1 Å². The van der Waals surface area contributed by atoms with Crippen molar-refractivity contribution in [3.05, 3.63) is 24.3 Å². The van der Waals surface area contributed by atoms with E-state index in [4.69, 9.17) is 5.73 Å². The summed E-state index contributed by atoms with van der Waals surface area (Å²) in [6.07, 6.45) is 6.44. The molecule has 4 heteroatoms. The van der Waals surface area contributed by atoms with Gasteiger partial charge in [0.05, 0.1) is 12.2 Å². The number of hydrogen-bond donors (Lipinski definition) is 3. The van der Waals surface area contributed by atoms with Crippen LogP contribution >= 0.6 is 0 Å². The smallest absolute Gasteiger partial charge is 0.241 e. The highest BCUT2D eigenvalue weighted by Gasteiger charge is 2.25. The molecule has 0 radical (unpaired) electrons. The lowest BCUT2D eigenvalue weighted by molar-refractivity contribution is -0.113. The average Bonchev–Trinajstić information content (AvgIpc) is 2.34. The Bertz CT molecular complexity index is 299. The molecule has 0 saturated heterocycles. The zero-order valence-electron chi connectivity index (χ0n) is 11.4. The van der Waals surface area contributed by atoms with Gasteiger partial charge in [-0.3, -0.25) is 4.79 Å². The summed E-state index contributed by atoms with van der Waals surface area (Å²) in [7, 11) is 0. The van der Waals surface area contributed by atoms with Crippen molar-refractivity contribution in [1.29, 1.82) is 0 Å². The quantitative estimate of drug-likeness (QED) is 0.452.